The Morgan fingerprint density at radius 2 is 1.86 bits per heavy atom. The van der Waals surface area contributed by atoms with Crippen LogP contribution < -0.4 is 10.1 Å². The monoisotopic (exact) mass is 292 g/mol. The molecule has 2 rings (SSSR count). The summed E-state index contributed by atoms with van der Waals surface area (Å²) in [5.74, 6) is 0.837. The van der Waals surface area contributed by atoms with Crippen molar-refractivity contribution < 1.29 is 19.6 Å². The molecule has 0 aliphatic carbocycles. The number of nitrogens with two attached hydrogens (primary N) is 1. The molecule has 116 valence electrons. The maximum absolute atomic E-state index is 12.0. The molecule has 1 aliphatic heterocycles. The Hall–Kier alpha value is -1.55. The van der Waals surface area contributed by atoms with Crippen molar-refractivity contribution in [1.82, 2.24) is 0 Å². The molecule has 4 heteroatoms. The minimum Gasteiger partial charge on any atom is -0.482 e. The molecule has 1 aromatic rings. The van der Waals surface area contributed by atoms with Crippen LogP contribution in [-0.2, 0) is 9.53 Å². The number of piperidine rings is 1. The lowest BCUT2D eigenvalue weighted by Crippen LogP contribution is -2.86. The number of quaternary nitrogens is 1. The highest BCUT2D eigenvalue weighted by Crippen LogP contribution is 2.28. The maximum Gasteiger partial charge on any atom is 0.344 e. The van der Waals surface area contributed by atoms with Crippen LogP contribution in [0.4, 0.5) is 0 Å². The van der Waals surface area contributed by atoms with Crippen molar-refractivity contribution in [3.05, 3.63) is 29.8 Å². The van der Waals surface area contributed by atoms with Gasteiger partial charge >= 0.3 is 5.97 Å². The summed E-state index contributed by atoms with van der Waals surface area (Å²) in [4.78, 5) is 12.0. The van der Waals surface area contributed by atoms with E-state index in [2.05, 4.69) is 5.32 Å². The summed E-state index contributed by atoms with van der Waals surface area (Å²) in [5, 5.41) is 2.31. The third-order valence-electron chi connectivity index (χ3n) is 4.18. The van der Waals surface area contributed by atoms with Crippen molar-refractivity contribution >= 4 is 5.97 Å². The molecule has 2 N–H and O–H groups in total. The van der Waals surface area contributed by atoms with Gasteiger partial charge in [-0.15, -0.1) is 0 Å². The van der Waals surface area contributed by atoms with E-state index in [1.807, 2.05) is 45.0 Å². The van der Waals surface area contributed by atoms with Gasteiger partial charge in [0.25, 0.3) is 0 Å². The molecule has 0 aromatic heterocycles. The number of carbonyl (C=O) groups is 1. The molecule has 0 saturated carbocycles. The van der Waals surface area contributed by atoms with Gasteiger partial charge in [0.1, 0.15) is 11.4 Å². The fourth-order valence-corrected chi connectivity index (χ4v) is 2.80. The third-order valence-corrected chi connectivity index (χ3v) is 4.18. The maximum atomic E-state index is 12.0. The van der Waals surface area contributed by atoms with Gasteiger partial charge in [-0.2, -0.15) is 0 Å². The van der Waals surface area contributed by atoms with Gasteiger partial charge in [0.05, 0.1) is 13.1 Å². The second kappa shape index (κ2) is 6.94. The van der Waals surface area contributed by atoms with Gasteiger partial charge in [0.15, 0.2) is 6.61 Å². The van der Waals surface area contributed by atoms with Crippen LogP contribution in [0.5, 0.6) is 5.75 Å². The zero-order valence-corrected chi connectivity index (χ0v) is 13.2. The van der Waals surface area contributed by atoms with E-state index in [9.17, 15) is 4.79 Å². The van der Waals surface area contributed by atoms with Gasteiger partial charge in [-0.1, -0.05) is 17.7 Å². The van der Waals surface area contributed by atoms with E-state index in [1.165, 1.54) is 5.56 Å². The van der Waals surface area contributed by atoms with E-state index in [-0.39, 0.29) is 12.6 Å². The first-order valence-corrected chi connectivity index (χ1v) is 7.70. The fourth-order valence-electron chi connectivity index (χ4n) is 2.80. The number of hydrogen-bond acceptors (Lipinski definition) is 3. The Morgan fingerprint density at radius 1 is 1.24 bits per heavy atom. The molecule has 1 fully saturated rings. The Balaban J connectivity index is 1.81. The number of carbonyl (C=O) groups excluding carboxylic acids is 1. The first-order chi connectivity index (χ1) is 9.97. The van der Waals surface area contributed by atoms with Crippen molar-refractivity contribution in [3.8, 4) is 5.75 Å². The van der Waals surface area contributed by atoms with Crippen LogP contribution in [0, 0.1) is 12.8 Å². The Morgan fingerprint density at radius 3 is 2.48 bits per heavy atom. The largest absolute Gasteiger partial charge is 0.482 e. The smallest absolute Gasteiger partial charge is 0.344 e. The zero-order chi connectivity index (χ0) is 15.3. The van der Waals surface area contributed by atoms with Crippen LogP contribution in [0.1, 0.15) is 32.3 Å². The molecule has 0 unspecified atom stereocenters. The molecule has 0 radical (unpaired) electrons. The van der Waals surface area contributed by atoms with Crippen LogP contribution in [-0.4, -0.2) is 31.3 Å². The average Bonchev–Trinajstić information content (AvgIpc) is 2.47. The molecule has 0 amide bonds. The summed E-state index contributed by atoms with van der Waals surface area (Å²) in [6.45, 7) is 8.23. The van der Waals surface area contributed by atoms with Gasteiger partial charge in [-0.3, -0.25) is 0 Å². The molecule has 0 atom stereocenters. The molecule has 4 nitrogen and oxygen atoms in total. The van der Waals surface area contributed by atoms with Crippen LogP contribution in [0.2, 0.25) is 0 Å². The normalized spacial score (nSPS) is 16.5. The van der Waals surface area contributed by atoms with Crippen LogP contribution in [0.15, 0.2) is 24.3 Å². The van der Waals surface area contributed by atoms with Crippen LogP contribution in [0.3, 0.4) is 0 Å². The van der Waals surface area contributed by atoms with E-state index < -0.39 is 5.60 Å². The summed E-state index contributed by atoms with van der Waals surface area (Å²) in [7, 11) is 0. The first-order valence-electron chi connectivity index (χ1n) is 7.70. The van der Waals surface area contributed by atoms with E-state index >= 15 is 0 Å². The number of rotatable bonds is 5. The molecule has 0 spiro atoms. The van der Waals surface area contributed by atoms with Gasteiger partial charge in [0.2, 0.25) is 0 Å². The quantitative estimate of drug-likeness (QED) is 0.840. The van der Waals surface area contributed by atoms with Crippen molar-refractivity contribution in [1.29, 1.82) is 0 Å². The number of ether oxygens (including phenoxy) is 2. The van der Waals surface area contributed by atoms with E-state index in [4.69, 9.17) is 9.47 Å². The topological polar surface area (TPSA) is 52.1 Å². The van der Waals surface area contributed by atoms with Crippen molar-refractivity contribution in [2.24, 2.45) is 5.92 Å². The standard InChI is InChI=1S/C17H25NO3/c1-13-4-6-15(7-5-13)20-12-16(19)21-17(2,3)14-8-10-18-11-9-14/h4-7,14,18H,8-12H2,1-3H3/p+1. The van der Waals surface area contributed by atoms with Gasteiger partial charge in [0, 0.05) is 18.8 Å². The van der Waals surface area contributed by atoms with E-state index in [1.54, 1.807) is 0 Å². The molecule has 1 saturated heterocycles. The highest BCUT2D eigenvalue weighted by molar-refractivity contribution is 5.71. The predicted molar refractivity (Wildman–Crippen MR) is 81.2 cm³/mol. The summed E-state index contributed by atoms with van der Waals surface area (Å²) >= 11 is 0. The number of hydrogen-bond donors (Lipinski definition) is 1. The van der Waals surface area contributed by atoms with E-state index in [0.717, 1.165) is 25.9 Å². The van der Waals surface area contributed by atoms with Gasteiger partial charge in [-0.25, -0.2) is 4.79 Å². The summed E-state index contributed by atoms with van der Waals surface area (Å²) in [6.07, 6.45) is 2.19. The molecule has 1 heterocycles. The van der Waals surface area contributed by atoms with Crippen molar-refractivity contribution in [2.75, 3.05) is 19.7 Å². The summed E-state index contributed by atoms with van der Waals surface area (Å²) < 4.78 is 11.1. The lowest BCUT2D eigenvalue weighted by Gasteiger charge is -2.35. The van der Waals surface area contributed by atoms with Crippen LogP contribution >= 0.6 is 0 Å². The second-order valence-corrected chi connectivity index (χ2v) is 6.32. The molecule has 21 heavy (non-hydrogen) atoms. The lowest BCUT2D eigenvalue weighted by molar-refractivity contribution is -0.665. The highest BCUT2D eigenvalue weighted by Gasteiger charge is 2.35. The van der Waals surface area contributed by atoms with Crippen molar-refractivity contribution in [3.63, 3.8) is 0 Å². The average molecular weight is 292 g/mol. The molecular formula is C17H26NO3+. The predicted octanol–water partition coefficient (Wildman–Crippen LogP) is 1.67. The summed E-state index contributed by atoms with van der Waals surface area (Å²) in [6, 6.07) is 7.65. The second-order valence-electron chi connectivity index (χ2n) is 6.32. The molecule has 1 aromatic carbocycles. The Labute approximate surface area is 126 Å². The minimum atomic E-state index is -0.415. The molecule has 1 aliphatic rings. The first kappa shape index (κ1) is 15.8. The SMILES string of the molecule is Cc1ccc(OCC(=O)OC(C)(C)C2CC[NH2+]CC2)cc1. The van der Waals surface area contributed by atoms with E-state index in [0.29, 0.717) is 11.7 Å². The van der Waals surface area contributed by atoms with Crippen molar-refractivity contribution in [2.45, 2.75) is 39.2 Å². The van der Waals surface area contributed by atoms with Gasteiger partial charge < -0.3 is 14.8 Å². The zero-order valence-electron chi connectivity index (χ0n) is 13.2. The van der Waals surface area contributed by atoms with Gasteiger partial charge in [-0.05, 0) is 32.9 Å². The molecule has 0 bridgehead atoms. The number of esters is 1. The highest BCUT2D eigenvalue weighted by atomic mass is 16.6. The number of aryl methyl sites for hydroxylation is 1. The fraction of sp³-hybridized carbons (Fsp3) is 0.588. The Kier molecular flexibility index (Phi) is 5.23. The Bertz CT molecular complexity index is 461. The third kappa shape index (κ3) is 4.74. The summed E-state index contributed by atoms with van der Waals surface area (Å²) in [5.41, 5.74) is 0.752. The lowest BCUT2D eigenvalue weighted by atomic mass is 9.83. The molecular weight excluding hydrogens is 266 g/mol. The number of benzene rings is 1. The van der Waals surface area contributed by atoms with Crippen LogP contribution in [0.25, 0.3) is 0 Å². The minimum absolute atomic E-state index is 0.0364.